The van der Waals surface area contributed by atoms with E-state index in [4.69, 9.17) is 4.74 Å². The molecule has 7 atom stereocenters. The number of allylic oxidation sites excluding steroid dienone is 1. The minimum absolute atomic E-state index is 0.00929. The Morgan fingerprint density at radius 1 is 1.18 bits per heavy atom. The second kappa shape index (κ2) is 7.45. The minimum atomic E-state index is -0.0994. The van der Waals surface area contributed by atoms with Gasteiger partial charge in [0.1, 0.15) is 6.10 Å². The monoisotopic (exact) mass is 388 g/mol. The molecule has 3 heteroatoms. The summed E-state index contributed by atoms with van der Waals surface area (Å²) in [5, 5.41) is 10.6. The summed E-state index contributed by atoms with van der Waals surface area (Å²) in [6.07, 6.45) is 12.8. The fourth-order valence-electron chi connectivity index (χ4n) is 7.35. The van der Waals surface area contributed by atoms with Gasteiger partial charge in [-0.15, -0.1) is 0 Å². The molecule has 0 aromatic carbocycles. The molecule has 1 N–H and O–H groups in total. The molecule has 0 bridgehead atoms. The van der Waals surface area contributed by atoms with Crippen molar-refractivity contribution in [2.45, 2.75) is 104 Å². The largest absolute Gasteiger partial charge is 0.462 e. The molecule has 3 nitrogen and oxygen atoms in total. The molecule has 158 valence electrons. The van der Waals surface area contributed by atoms with Crippen molar-refractivity contribution in [3.05, 3.63) is 11.6 Å². The Morgan fingerprint density at radius 2 is 1.96 bits per heavy atom. The Morgan fingerprint density at radius 3 is 2.71 bits per heavy atom. The third kappa shape index (κ3) is 3.36. The van der Waals surface area contributed by atoms with Gasteiger partial charge in [-0.2, -0.15) is 0 Å². The van der Waals surface area contributed by atoms with Crippen LogP contribution < -0.4 is 0 Å². The van der Waals surface area contributed by atoms with Gasteiger partial charge in [-0.25, -0.2) is 0 Å². The lowest BCUT2D eigenvalue weighted by atomic mass is 9.48. The van der Waals surface area contributed by atoms with Crippen LogP contribution in [0, 0.1) is 34.5 Å². The van der Waals surface area contributed by atoms with E-state index < -0.39 is 0 Å². The summed E-state index contributed by atoms with van der Waals surface area (Å²) in [4.78, 5) is 12.2. The van der Waals surface area contributed by atoms with Gasteiger partial charge in [-0.1, -0.05) is 39.3 Å². The highest BCUT2D eigenvalue weighted by Gasteiger charge is 2.58. The van der Waals surface area contributed by atoms with Crippen LogP contribution in [0.1, 0.15) is 91.9 Å². The molecule has 4 aliphatic carbocycles. The lowest BCUT2D eigenvalue weighted by Gasteiger charge is -2.57. The molecule has 0 aromatic heterocycles. The predicted molar refractivity (Wildman–Crippen MR) is 112 cm³/mol. The molecule has 0 heterocycles. The molecular weight excluding hydrogens is 348 g/mol. The van der Waals surface area contributed by atoms with Crippen LogP contribution in [0.3, 0.4) is 0 Å². The molecular formula is C25H40O3. The molecule has 0 spiro atoms. The Labute approximate surface area is 171 Å². The Balaban J connectivity index is 1.44. The van der Waals surface area contributed by atoms with Gasteiger partial charge in [0.05, 0.1) is 6.10 Å². The quantitative estimate of drug-likeness (QED) is 0.499. The molecule has 3 fully saturated rings. The summed E-state index contributed by atoms with van der Waals surface area (Å²) >= 11 is 0. The number of carbonyl (C=O) groups excluding carboxylic acids is 1. The van der Waals surface area contributed by atoms with Crippen LogP contribution in [0.15, 0.2) is 11.6 Å². The maximum atomic E-state index is 12.2. The number of aliphatic hydroxyl groups is 1. The van der Waals surface area contributed by atoms with E-state index >= 15 is 0 Å². The lowest BCUT2D eigenvalue weighted by Crippen LogP contribution is -2.51. The number of fused-ring (bicyclic) bond motifs is 5. The average Bonchev–Trinajstić information content (AvgIpc) is 2.95. The van der Waals surface area contributed by atoms with Gasteiger partial charge < -0.3 is 9.84 Å². The van der Waals surface area contributed by atoms with Gasteiger partial charge in [-0.05, 0) is 85.9 Å². The zero-order chi connectivity index (χ0) is 20.1. The van der Waals surface area contributed by atoms with Gasteiger partial charge in [-0.3, -0.25) is 4.79 Å². The molecule has 0 aromatic rings. The van der Waals surface area contributed by atoms with Crippen molar-refractivity contribution in [2.24, 2.45) is 34.5 Å². The van der Waals surface area contributed by atoms with Crippen molar-refractivity contribution < 1.29 is 14.6 Å². The summed E-state index contributed by atoms with van der Waals surface area (Å²) in [7, 11) is 0. The normalized spacial score (nSPS) is 45.1. The van der Waals surface area contributed by atoms with Gasteiger partial charge in [0.2, 0.25) is 0 Å². The number of carbonyl (C=O) groups is 1. The molecule has 0 aliphatic heterocycles. The van der Waals surface area contributed by atoms with E-state index in [2.05, 4.69) is 33.8 Å². The number of aliphatic hydroxyl groups excluding tert-OH is 1. The fraction of sp³-hybridized carbons (Fsp3) is 0.880. The summed E-state index contributed by atoms with van der Waals surface area (Å²) in [5.74, 6) is 2.70. The molecule has 0 amide bonds. The lowest BCUT2D eigenvalue weighted by molar-refractivity contribution is -0.151. The van der Waals surface area contributed by atoms with Crippen molar-refractivity contribution in [1.29, 1.82) is 0 Å². The first-order valence-electron chi connectivity index (χ1n) is 11.8. The van der Waals surface area contributed by atoms with E-state index in [1.807, 2.05) is 0 Å². The highest BCUT2D eigenvalue weighted by molar-refractivity contribution is 5.69. The van der Waals surface area contributed by atoms with Crippen molar-refractivity contribution in [3.8, 4) is 0 Å². The molecule has 4 aliphatic rings. The summed E-state index contributed by atoms with van der Waals surface area (Å²) in [6, 6.07) is 0. The van der Waals surface area contributed by atoms with E-state index in [1.54, 1.807) is 5.57 Å². The number of hydrogen-bond acceptors (Lipinski definition) is 3. The Hall–Kier alpha value is -0.830. The predicted octanol–water partition coefficient (Wildman–Crippen LogP) is 5.66. The zero-order valence-electron chi connectivity index (χ0n) is 18.4. The van der Waals surface area contributed by atoms with E-state index in [9.17, 15) is 9.90 Å². The number of ether oxygens (including phenoxy) is 1. The summed E-state index contributed by atoms with van der Waals surface area (Å²) in [6.45, 7) is 9.14. The maximum absolute atomic E-state index is 12.2. The van der Waals surface area contributed by atoms with Crippen molar-refractivity contribution >= 4 is 5.97 Å². The highest BCUT2D eigenvalue weighted by atomic mass is 16.5. The molecule has 7 unspecified atom stereocenters. The van der Waals surface area contributed by atoms with Crippen molar-refractivity contribution in [3.63, 3.8) is 0 Å². The first kappa shape index (κ1) is 20.4. The number of rotatable bonds is 4. The van der Waals surface area contributed by atoms with Gasteiger partial charge in [0, 0.05) is 12.8 Å². The van der Waals surface area contributed by atoms with E-state index in [0.29, 0.717) is 18.3 Å². The molecule has 28 heavy (non-hydrogen) atoms. The maximum Gasteiger partial charge on any atom is 0.306 e. The second-order valence-electron chi connectivity index (χ2n) is 11.2. The smallest absolute Gasteiger partial charge is 0.306 e. The summed E-state index contributed by atoms with van der Waals surface area (Å²) in [5.41, 5.74) is 1.98. The van der Waals surface area contributed by atoms with Crippen LogP contribution in [-0.2, 0) is 9.53 Å². The molecule has 4 rings (SSSR count). The number of esters is 1. The van der Waals surface area contributed by atoms with Crippen molar-refractivity contribution in [1.82, 2.24) is 0 Å². The van der Waals surface area contributed by atoms with E-state index in [0.717, 1.165) is 50.4 Å². The first-order valence-corrected chi connectivity index (χ1v) is 11.8. The third-order valence-electron chi connectivity index (χ3n) is 9.23. The minimum Gasteiger partial charge on any atom is -0.462 e. The Kier molecular flexibility index (Phi) is 5.44. The highest BCUT2D eigenvalue weighted by Crippen LogP contribution is 2.64. The van der Waals surface area contributed by atoms with Crippen LogP contribution in [0.25, 0.3) is 0 Å². The third-order valence-corrected chi connectivity index (χ3v) is 9.23. The van der Waals surface area contributed by atoms with Gasteiger partial charge in [0.15, 0.2) is 0 Å². The number of hydrogen-bond donors (Lipinski definition) is 1. The molecule has 0 radical (unpaired) electrons. The SMILES string of the molecule is CC(C)CCC(=O)OC1CCC2(C)C(=CCC3C2CCC2(C)C(O)CCC32)C1. The molecule has 0 saturated heterocycles. The second-order valence-corrected chi connectivity index (χ2v) is 11.2. The average molecular weight is 389 g/mol. The van der Waals surface area contributed by atoms with Crippen LogP contribution in [0.5, 0.6) is 0 Å². The fourth-order valence-corrected chi connectivity index (χ4v) is 7.35. The Bertz CT molecular complexity index is 638. The van der Waals surface area contributed by atoms with Crippen molar-refractivity contribution in [2.75, 3.05) is 0 Å². The summed E-state index contributed by atoms with van der Waals surface area (Å²) < 4.78 is 5.86. The van der Waals surface area contributed by atoms with E-state index in [1.165, 1.54) is 19.3 Å². The van der Waals surface area contributed by atoms with Gasteiger partial charge >= 0.3 is 5.97 Å². The standard InChI is InChI=1S/C25H40O3/c1-16(2)5-10-23(27)28-18-11-13-24(3)17(15-18)6-7-19-20-8-9-22(26)25(20,4)14-12-21(19)24/h6,16,18-22,26H,5,7-15H2,1-4H3. The van der Waals surface area contributed by atoms with E-state index in [-0.39, 0.29) is 29.0 Å². The van der Waals surface area contributed by atoms with Crippen LogP contribution in [-0.4, -0.2) is 23.3 Å². The molecule has 3 saturated carbocycles. The van der Waals surface area contributed by atoms with Gasteiger partial charge in [0.25, 0.3) is 0 Å². The van der Waals surface area contributed by atoms with Crippen LogP contribution in [0.2, 0.25) is 0 Å². The van der Waals surface area contributed by atoms with Crippen LogP contribution in [0.4, 0.5) is 0 Å². The first-order chi connectivity index (χ1) is 13.2. The van der Waals surface area contributed by atoms with Crippen LogP contribution >= 0.6 is 0 Å². The zero-order valence-corrected chi connectivity index (χ0v) is 18.4. The topological polar surface area (TPSA) is 46.5 Å².